The summed E-state index contributed by atoms with van der Waals surface area (Å²) < 4.78 is 10.2. The zero-order valence-corrected chi connectivity index (χ0v) is 16.5. The number of benzene rings is 2. The summed E-state index contributed by atoms with van der Waals surface area (Å²) in [7, 11) is 1.60. The van der Waals surface area contributed by atoms with Crippen molar-refractivity contribution in [1.29, 1.82) is 0 Å². The summed E-state index contributed by atoms with van der Waals surface area (Å²) in [5, 5.41) is 5.62. The molecule has 0 bridgehead atoms. The van der Waals surface area contributed by atoms with E-state index >= 15 is 0 Å². The van der Waals surface area contributed by atoms with E-state index in [9.17, 15) is 9.59 Å². The molecule has 0 fully saturated rings. The molecule has 0 saturated heterocycles. The molecule has 2 N–H and O–H groups in total. The molecular weight excluding hydrogens is 376 g/mol. The summed E-state index contributed by atoms with van der Waals surface area (Å²) in [4.78, 5) is 23.7. The highest BCUT2D eigenvalue weighted by Crippen LogP contribution is 2.12. The molecule has 2 aromatic rings. The normalized spacial score (nSPS) is 10.4. The lowest BCUT2D eigenvalue weighted by Crippen LogP contribution is -2.32. The Labute approximate surface area is 169 Å². The molecule has 2 rings (SSSR count). The van der Waals surface area contributed by atoms with E-state index in [-0.39, 0.29) is 17.0 Å². The third-order valence-corrected chi connectivity index (χ3v) is 3.80. The molecule has 28 heavy (non-hydrogen) atoms. The van der Waals surface area contributed by atoms with Crippen LogP contribution in [0.15, 0.2) is 54.6 Å². The molecule has 0 saturated carbocycles. The number of rotatable bonds is 7. The lowest BCUT2D eigenvalue weighted by atomic mass is 10.2. The number of ether oxygens (including phenoxy) is 2. The lowest BCUT2D eigenvalue weighted by molar-refractivity contribution is -0.115. The molecule has 0 aliphatic rings. The fraction of sp³-hybridized carbons (Fsp3) is 0.190. The minimum Gasteiger partial charge on any atom is -0.497 e. The van der Waals surface area contributed by atoms with Gasteiger partial charge in [-0.2, -0.15) is 0 Å². The van der Waals surface area contributed by atoms with Gasteiger partial charge in [0.2, 0.25) is 5.91 Å². The Kier molecular flexibility index (Phi) is 8.17. The Morgan fingerprint density at radius 3 is 2.36 bits per heavy atom. The van der Waals surface area contributed by atoms with Gasteiger partial charge in [-0.15, -0.1) is 0 Å². The van der Waals surface area contributed by atoms with Crippen molar-refractivity contribution in [3.05, 3.63) is 65.7 Å². The first-order chi connectivity index (χ1) is 13.5. The van der Waals surface area contributed by atoms with E-state index in [0.717, 1.165) is 17.7 Å². The maximum atomic E-state index is 12.0. The number of hydrogen-bond acceptors (Lipinski definition) is 5. The van der Waals surface area contributed by atoms with Crippen molar-refractivity contribution in [2.24, 2.45) is 0 Å². The molecule has 1 amide bonds. The van der Waals surface area contributed by atoms with Gasteiger partial charge in [0.25, 0.3) is 0 Å². The molecular formula is C21H22N2O4S. The van der Waals surface area contributed by atoms with Crippen LogP contribution in [0.1, 0.15) is 29.3 Å². The fourth-order valence-corrected chi connectivity index (χ4v) is 2.39. The molecule has 0 atom stereocenters. The van der Waals surface area contributed by atoms with Gasteiger partial charge in [-0.1, -0.05) is 19.1 Å². The zero-order valence-electron chi connectivity index (χ0n) is 15.7. The smallest absolute Gasteiger partial charge is 0.338 e. The summed E-state index contributed by atoms with van der Waals surface area (Å²) in [6.45, 7) is 2.32. The molecule has 0 aliphatic heterocycles. The van der Waals surface area contributed by atoms with E-state index in [2.05, 4.69) is 10.6 Å². The third kappa shape index (κ3) is 6.85. The highest BCUT2D eigenvalue weighted by molar-refractivity contribution is 7.80. The number of methoxy groups -OCH3 is 1. The predicted molar refractivity (Wildman–Crippen MR) is 113 cm³/mol. The second-order valence-electron chi connectivity index (χ2n) is 5.76. The second kappa shape index (κ2) is 10.8. The number of thiocarbonyl (C=S) groups is 1. The first kappa shape index (κ1) is 21.1. The van der Waals surface area contributed by atoms with E-state index in [1.165, 1.54) is 6.08 Å². The second-order valence-corrected chi connectivity index (χ2v) is 6.17. The van der Waals surface area contributed by atoms with E-state index in [1.807, 2.05) is 31.2 Å². The number of anilines is 1. The molecule has 0 radical (unpaired) electrons. The Morgan fingerprint density at radius 2 is 1.75 bits per heavy atom. The van der Waals surface area contributed by atoms with Crippen LogP contribution in [0.4, 0.5) is 5.69 Å². The van der Waals surface area contributed by atoms with Crippen molar-refractivity contribution in [2.45, 2.75) is 13.3 Å². The Hall–Kier alpha value is -3.19. The molecule has 0 aromatic heterocycles. The highest BCUT2D eigenvalue weighted by atomic mass is 32.1. The number of esters is 1. The summed E-state index contributed by atoms with van der Waals surface area (Å²) in [5.41, 5.74) is 1.97. The van der Waals surface area contributed by atoms with Crippen LogP contribution < -0.4 is 15.4 Å². The van der Waals surface area contributed by atoms with E-state index in [0.29, 0.717) is 17.9 Å². The van der Waals surface area contributed by atoms with Crippen LogP contribution >= 0.6 is 12.2 Å². The third-order valence-electron chi connectivity index (χ3n) is 3.60. The largest absolute Gasteiger partial charge is 0.497 e. The van der Waals surface area contributed by atoms with Crippen LogP contribution in [0.5, 0.6) is 5.75 Å². The Morgan fingerprint density at radius 1 is 1.07 bits per heavy atom. The van der Waals surface area contributed by atoms with Crippen molar-refractivity contribution < 1.29 is 19.1 Å². The zero-order chi connectivity index (χ0) is 20.4. The molecule has 2 aromatic carbocycles. The quantitative estimate of drug-likeness (QED) is 0.420. The van der Waals surface area contributed by atoms with Gasteiger partial charge in [0.15, 0.2) is 5.11 Å². The first-order valence-corrected chi connectivity index (χ1v) is 9.14. The number of hydrogen-bond donors (Lipinski definition) is 2. The highest BCUT2D eigenvalue weighted by Gasteiger charge is 2.07. The van der Waals surface area contributed by atoms with Crippen LogP contribution in [0, 0.1) is 0 Å². The average molecular weight is 398 g/mol. The maximum absolute atomic E-state index is 12.0. The van der Waals surface area contributed by atoms with Crippen molar-refractivity contribution in [1.82, 2.24) is 5.32 Å². The van der Waals surface area contributed by atoms with Gasteiger partial charge < -0.3 is 14.8 Å². The minimum atomic E-state index is -0.368. The molecule has 0 unspecified atom stereocenters. The molecule has 146 valence electrons. The van der Waals surface area contributed by atoms with Gasteiger partial charge in [0.05, 0.1) is 19.3 Å². The van der Waals surface area contributed by atoms with Crippen molar-refractivity contribution in [2.75, 3.05) is 19.0 Å². The Balaban J connectivity index is 1.84. The van der Waals surface area contributed by atoms with Gasteiger partial charge in [0, 0.05) is 11.8 Å². The van der Waals surface area contributed by atoms with Crippen molar-refractivity contribution in [3.63, 3.8) is 0 Å². The molecule has 0 spiro atoms. The number of carbonyl (C=O) groups excluding carboxylic acids is 2. The molecule has 0 aliphatic carbocycles. The topological polar surface area (TPSA) is 76.7 Å². The summed E-state index contributed by atoms with van der Waals surface area (Å²) in [6.07, 6.45) is 3.84. The van der Waals surface area contributed by atoms with Crippen LogP contribution in [-0.2, 0) is 9.53 Å². The van der Waals surface area contributed by atoms with Gasteiger partial charge in [-0.05, 0) is 66.7 Å². The standard InChI is InChI=1S/C21H22N2O4S/c1-3-14-27-20(25)16-7-9-17(10-8-16)22-21(28)23-19(24)13-6-15-4-11-18(26-2)12-5-15/h4-13H,3,14H2,1-2H3,(H2,22,23,24,28)/b13-6+. The summed E-state index contributed by atoms with van der Waals surface area (Å²) in [6, 6.07) is 13.9. The van der Waals surface area contributed by atoms with Crippen molar-refractivity contribution in [3.8, 4) is 5.75 Å². The first-order valence-electron chi connectivity index (χ1n) is 8.73. The Bertz CT molecular complexity index is 846. The summed E-state index contributed by atoms with van der Waals surface area (Å²) >= 11 is 5.13. The van der Waals surface area contributed by atoms with E-state index in [1.54, 1.807) is 37.5 Å². The number of carbonyl (C=O) groups is 2. The van der Waals surface area contributed by atoms with Crippen LogP contribution in [0.25, 0.3) is 6.08 Å². The average Bonchev–Trinajstić information content (AvgIpc) is 2.71. The number of amides is 1. The van der Waals surface area contributed by atoms with Gasteiger partial charge in [0.1, 0.15) is 5.75 Å². The van der Waals surface area contributed by atoms with E-state index < -0.39 is 0 Å². The monoisotopic (exact) mass is 398 g/mol. The maximum Gasteiger partial charge on any atom is 0.338 e. The minimum absolute atomic E-state index is 0.158. The van der Waals surface area contributed by atoms with Crippen LogP contribution in [0.2, 0.25) is 0 Å². The predicted octanol–water partition coefficient (Wildman–Crippen LogP) is 3.79. The van der Waals surface area contributed by atoms with Crippen molar-refractivity contribution >= 4 is 41.0 Å². The summed E-state index contributed by atoms with van der Waals surface area (Å²) in [5.74, 6) is 0.0256. The number of nitrogens with one attached hydrogen (secondary N) is 2. The van der Waals surface area contributed by atoms with Gasteiger partial charge in [-0.25, -0.2) is 4.79 Å². The molecule has 6 nitrogen and oxygen atoms in total. The molecule has 0 heterocycles. The molecule has 7 heteroatoms. The van der Waals surface area contributed by atoms with Gasteiger partial charge >= 0.3 is 5.97 Å². The SMILES string of the molecule is CCCOC(=O)c1ccc(NC(=S)NC(=O)/C=C/c2ccc(OC)cc2)cc1. The van der Waals surface area contributed by atoms with Crippen LogP contribution in [-0.4, -0.2) is 30.7 Å². The fourth-order valence-electron chi connectivity index (χ4n) is 2.17. The van der Waals surface area contributed by atoms with E-state index in [4.69, 9.17) is 21.7 Å². The lowest BCUT2D eigenvalue weighted by Gasteiger charge is -2.09. The van der Waals surface area contributed by atoms with Crippen LogP contribution in [0.3, 0.4) is 0 Å². The van der Waals surface area contributed by atoms with Gasteiger partial charge in [-0.3, -0.25) is 10.1 Å².